The van der Waals surface area contributed by atoms with Crippen LogP contribution >= 0.6 is 11.6 Å². The number of carbonyl (C=O) groups is 1. The van der Waals surface area contributed by atoms with Gasteiger partial charge in [-0.15, -0.1) is 0 Å². The first-order valence-corrected chi connectivity index (χ1v) is 5.69. The molecule has 0 saturated heterocycles. The maximum Gasteiger partial charge on any atom is 0.256 e. The minimum atomic E-state index is -0.513. The van der Waals surface area contributed by atoms with Crippen LogP contribution in [0.2, 0.25) is 5.02 Å². The van der Waals surface area contributed by atoms with Crippen molar-refractivity contribution in [1.29, 1.82) is 0 Å². The number of hydrogen-bond donors (Lipinski definition) is 0. The van der Waals surface area contributed by atoms with E-state index in [4.69, 9.17) is 11.6 Å². The van der Waals surface area contributed by atoms with Crippen LogP contribution in [-0.4, -0.2) is 23.9 Å². The average molecular weight is 242 g/mol. The molecule has 16 heavy (non-hydrogen) atoms. The van der Waals surface area contributed by atoms with Crippen molar-refractivity contribution >= 4 is 17.5 Å². The third-order valence-electron chi connectivity index (χ3n) is 3.10. The summed E-state index contributed by atoms with van der Waals surface area (Å²) in [7, 11) is 1.71. The van der Waals surface area contributed by atoms with E-state index in [-0.39, 0.29) is 17.5 Å². The SMILES string of the molecule is CN(C(=O)c1cc(Cl)ccc1F)C1CCC1. The van der Waals surface area contributed by atoms with Gasteiger partial charge in [0.25, 0.3) is 5.91 Å². The molecule has 0 bridgehead atoms. The Morgan fingerprint density at radius 3 is 2.75 bits per heavy atom. The van der Waals surface area contributed by atoms with E-state index in [1.54, 1.807) is 11.9 Å². The molecule has 1 amide bonds. The molecule has 0 heterocycles. The lowest BCUT2D eigenvalue weighted by Crippen LogP contribution is -2.41. The Balaban J connectivity index is 2.22. The Bertz CT molecular complexity index is 417. The number of rotatable bonds is 2. The summed E-state index contributed by atoms with van der Waals surface area (Å²) in [4.78, 5) is 13.6. The standard InChI is InChI=1S/C12H13ClFNO/c1-15(9-3-2-4-9)12(16)10-7-8(13)5-6-11(10)14/h5-7,9H,2-4H2,1H3. The molecule has 0 spiro atoms. The van der Waals surface area contributed by atoms with Crippen LogP contribution in [0.3, 0.4) is 0 Å². The van der Waals surface area contributed by atoms with Gasteiger partial charge in [0, 0.05) is 18.1 Å². The molecule has 1 fully saturated rings. The lowest BCUT2D eigenvalue weighted by Gasteiger charge is -2.34. The van der Waals surface area contributed by atoms with Gasteiger partial charge < -0.3 is 4.90 Å². The summed E-state index contributed by atoms with van der Waals surface area (Å²) in [5.74, 6) is -0.801. The average Bonchev–Trinajstić information content (AvgIpc) is 2.18. The molecule has 2 rings (SSSR count). The number of carbonyl (C=O) groups excluding carboxylic acids is 1. The van der Waals surface area contributed by atoms with Gasteiger partial charge in [-0.05, 0) is 37.5 Å². The first-order chi connectivity index (χ1) is 7.59. The smallest absolute Gasteiger partial charge is 0.256 e. The van der Waals surface area contributed by atoms with E-state index in [9.17, 15) is 9.18 Å². The molecule has 4 heteroatoms. The van der Waals surface area contributed by atoms with Crippen LogP contribution in [0.25, 0.3) is 0 Å². The van der Waals surface area contributed by atoms with Crippen molar-refractivity contribution in [2.75, 3.05) is 7.05 Å². The summed E-state index contributed by atoms with van der Waals surface area (Å²) in [6.07, 6.45) is 3.15. The first-order valence-electron chi connectivity index (χ1n) is 5.32. The largest absolute Gasteiger partial charge is 0.339 e. The van der Waals surface area contributed by atoms with Gasteiger partial charge in [0.15, 0.2) is 0 Å². The Morgan fingerprint density at radius 2 is 2.19 bits per heavy atom. The third-order valence-corrected chi connectivity index (χ3v) is 3.34. The van der Waals surface area contributed by atoms with Crippen LogP contribution in [0.4, 0.5) is 4.39 Å². The molecule has 0 atom stereocenters. The van der Waals surface area contributed by atoms with Crippen LogP contribution in [0, 0.1) is 5.82 Å². The van der Waals surface area contributed by atoms with E-state index in [0.717, 1.165) is 19.3 Å². The molecule has 0 N–H and O–H groups in total. The van der Waals surface area contributed by atoms with E-state index >= 15 is 0 Å². The van der Waals surface area contributed by atoms with Crippen molar-refractivity contribution < 1.29 is 9.18 Å². The zero-order valence-corrected chi connectivity index (χ0v) is 9.80. The van der Waals surface area contributed by atoms with Gasteiger partial charge in [-0.25, -0.2) is 4.39 Å². The number of benzene rings is 1. The topological polar surface area (TPSA) is 20.3 Å². The maximum atomic E-state index is 13.5. The maximum absolute atomic E-state index is 13.5. The molecule has 0 unspecified atom stereocenters. The van der Waals surface area contributed by atoms with Crippen LogP contribution in [0.1, 0.15) is 29.6 Å². The number of halogens is 2. The quantitative estimate of drug-likeness (QED) is 0.779. The van der Waals surface area contributed by atoms with Crippen LogP contribution in [0.15, 0.2) is 18.2 Å². The molecule has 86 valence electrons. The van der Waals surface area contributed by atoms with Gasteiger partial charge in [-0.1, -0.05) is 11.6 Å². The fraction of sp³-hybridized carbons (Fsp3) is 0.417. The van der Waals surface area contributed by atoms with Crippen LogP contribution in [0.5, 0.6) is 0 Å². The molecular weight excluding hydrogens is 229 g/mol. The van der Waals surface area contributed by atoms with Crippen molar-refractivity contribution in [3.63, 3.8) is 0 Å². The van der Waals surface area contributed by atoms with Crippen molar-refractivity contribution in [3.8, 4) is 0 Å². The lowest BCUT2D eigenvalue weighted by atomic mass is 9.91. The normalized spacial score (nSPS) is 15.7. The van der Waals surface area contributed by atoms with Gasteiger partial charge in [-0.3, -0.25) is 4.79 Å². The van der Waals surface area contributed by atoms with Crippen molar-refractivity contribution in [2.24, 2.45) is 0 Å². The van der Waals surface area contributed by atoms with Crippen molar-refractivity contribution in [1.82, 2.24) is 4.90 Å². The van der Waals surface area contributed by atoms with Crippen molar-refractivity contribution in [2.45, 2.75) is 25.3 Å². The van der Waals surface area contributed by atoms with Crippen molar-refractivity contribution in [3.05, 3.63) is 34.6 Å². The Kier molecular flexibility index (Phi) is 3.15. The summed E-state index contributed by atoms with van der Waals surface area (Å²) >= 11 is 5.76. The molecule has 0 aromatic heterocycles. The highest BCUT2D eigenvalue weighted by molar-refractivity contribution is 6.31. The zero-order chi connectivity index (χ0) is 11.7. The third kappa shape index (κ3) is 2.05. The fourth-order valence-corrected chi connectivity index (χ4v) is 1.96. The monoisotopic (exact) mass is 241 g/mol. The highest BCUT2D eigenvalue weighted by atomic mass is 35.5. The van der Waals surface area contributed by atoms with E-state index in [1.807, 2.05) is 0 Å². The predicted molar refractivity (Wildman–Crippen MR) is 61.1 cm³/mol. The van der Waals surface area contributed by atoms with Gasteiger partial charge in [-0.2, -0.15) is 0 Å². The lowest BCUT2D eigenvalue weighted by molar-refractivity contribution is 0.0647. The van der Waals surface area contributed by atoms with Gasteiger partial charge in [0.1, 0.15) is 5.82 Å². The molecule has 1 aromatic rings. The molecule has 0 aliphatic heterocycles. The fourth-order valence-electron chi connectivity index (χ4n) is 1.79. The molecule has 1 aliphatic carbocycles. The predicted octanol–water partition coefficient (Wildman–Crippen LogP) is 3.10. The summed E-state index contributed by atoms with van der Waals surface area (Å²) in [6, 6.07) is 4.31. The Labute approximate surface area is 99.0 Å². The summed E-state index contributed by atoms with van der Waals surface area (Å²) in [6.45, 7) is 0. The molecule has 2 nitrogen and oxygen atoms in total. The second-order valence-corrected chi connectivity index (χ2v) is 4.56. The molecule has 1 aliphatic rings. The highest BCUT2D eigenvalue weighted by Crippen LogP contribution is 2.26. The summed E-state index contributed by atoms with van der Waals surface area (Å²) < 4.78 is 13.5. The molecular formula is C12H13ClFNO. The summed E-state index contributed by atoms with van der Waals surface area (Å²) in [5, 5.41) is 0.381. The Morgan fingerprint density at radius 1 is 1.50 bits per heavy atom. The minimum Gasteiger partial charge on any atom is -0.339 e. The van der Waals surface area contributed by atoms with E-state index in [2.05, 4.69) is 0 Å². The second kappa shape index (κ2) is 4.42. The molecule has 0 radical (unpaired) electrons. The molecule has 1 saturated carbocycles. The van der Waals surface area contributed by atoms with E-state index in [0.29, 0.717) is 5.02 Å². The number of nitrogens with zero attached hydrogens (tertiary/aromatic N) is 1. The zero-order valence-electron chi connectivity index (χ0n) is 9.04. The number of hydrogen-bond acceptors (Lipinski definition) is 1. The minimum absolute atomic E-state index is 0.0573. The number of amides is 1. The highest BCUT2D eigenvalue weighted by Gasteiger charge is 2.27. The molecule has 1 aromatic carbocycles. The Hall–Kier alpha value is -1.09. The van der Waals surface area contributed by atoms with Crippen LogP contribution in [-0.2, 0) is 0 Å². The van der Waals surface area contributed by atoms with E-state index in [1.165, 1.54) is 18.2 Å². The van der Waals surface area contributed by atoms with E-state index < -0.39 is 5.82 Å². The van der Waals surface area contributed by atoms with Crippen LogP contribution < -0.4 is 0 Å². The van der Waals surface area contributed by atoms with Gasteiger partial charge >= 0.3 is 0 Å². The van der Waals surface area contributed by atoms with Gasteiger partial charge in [0.2, 0.25) is 0 Å². The van der Waals surface area contributed by atoms with Gasteiger partial charge in [0.05, 0.1) is 5.56 Å². The second-order valence-electron chi connectivity index (χ2n) is 4.12. The first kappa shape index (κ1) is 11.4. The summed E-state index contributed by atoms with van der Waals surface area (Å²) in [5.41, 5.74) is 0.0573.